The molecule has 0 aromatic heterocycles. The molecule has 1 heterocycles. The number of rotatable bonds is 0. The van der Waals surface area contributed by atoms with Gasteiger partial charge in [-0.05, 0) is 0 Å². The van der Waals surface area contributed by atoms with Gasteiger partial charge in [0.1, 0.15) is 0 Å². The highest BCUT2D eigenvalue weighted by Crippen LogP contribution is 1.58. The smallest absolute Gasteiger partial charge is 0.271 e. The minimum absolute atomic E-state index is 0.258. The van der Waals surface area contributed by atoms with Crippen LogP contribution in [0.15, 0.2) is 0 Å². The summed E-state index contributed by atoms with van der Waals surface area (Å²) in [6.45, 7) is 0.547. The van der Waals surface area contributed by atoms with E-state index < -0.39 is 0 Å². The topological polar surface area (TPSA) is 65.2 Å². The number of hydrazine groups is 2. The highest BCUT2D eigenvalue weighted by atomic mass is 16.2. The van der Waals surface area contributed by atoms with E-state index in [9.17, 15) is 4.79 Å². The predicted octanol–water partition coefficient (Wildman–Crippen LogP) is -1.73. The summed E-state index contributed by atoms with van der Waals surface area (Å²) >= 11 is 0. The first-order chi connectivity index (χ1) is 3.39. The normalized spacial score (nSPS) is 20.3. The first kappa shape index (κ1) is 4.35. The Kier molecular flexibility index (Phi) is 1.10. The van der Waals surface area contributed by atoms with Gasteiger partial charge in [-0.25, -0.2) is 15.6 Å². The number of carbonyl (C=O) groups is 1. The van der Waals surface area contributed by atoms with Crippen molar-refractivity contribution in [3.63, 3.8) is 0 Å². The van der Waals surface area contributed by atoms with E-state index in [4.69, 9.17) is 0 Å². The molecule has 1 saturated heterocycles. The number of hydrogen-bond donors (Lipinski definition) is 4. The molecule has 2 amide bonds. The van der Waals surface area contributed by atoms with Gasteiger partial charge in [-0.3, -0.25) is 10.9 Å². The van der Waals surface area contributed by atoms with E-state index in [1.165, 1.54) is 0 Å². The summed E-state index contributed by atoms with van der Waals surface area (Å²) in [7, 11) is 0. The second-order valence-electron chi connectivity index (χ2n) is 1.11. The summed E-state index contributed by atoms with van der Waals surface area (Å²) in [6, 6.07) is -0.258. The second kappa shape index (κ2) is 1.76. The van der Waals surface area contributed by atoms with Crippen molar-refractivity contribution in [2.75, 3.05) is 6.67 Å². The molecule has 0 aromatic rings. The van der Waals surface area contributed by atoms with Crippen LogP contribution in [0.1, 0.15) is 0 Å². The second-order valence-corrected chi connectivity index (χ2v) is 1.11. The molecule has 5 heteroatoms. The van der Waals surface area contributed by atoms with E-state index >= 15 is 0 Å². The van der Waals surface area contributed by atoms with Crippen LogP contribution in [-0.2, 0) is 0 Å². The average molecular weight is 102 g/mol. The Bertz CT molecular complexity index is 73.8. The summed E-state index contributed by atoms with van der Waals surface area (Å²) in [6.07, 6.45) is 0. The van der Waals surface area contributed by atoms with Gasteiger partial charge in [-0.15, -0.1) is 0 Å². The zero-order valence-electron chi connectivity index (χ0n) is 3.62. The molecule has 1 aliphatic heterocycles. The number of carbonyl (C=O) groups excluding carboxylic acids is 1. The molecule has 0 spiro atoms. The maximum atomic E-state index is 10.1. The van der Waals surface area contributed by atoms with Crippen molar-refractivity contribution in [1.82, 2.24) is 21.7 Å². The molecule has 0 saturated carbocycles. The fraction of sp³-hybridized carbons (Fsp3) is 0.500. The molecule has 0 bridgehead atoms. The maximum absolute atomic E-state index is 10.1. The van der Waals surface area contributed by atoms with Crippen LogP contribution in [0.25, 0.3) is 0 Å². The van der Waals surface area contributed by atoms with Crippen molar-refractivity contribution >= 4 is 6.03 Å². The van der Waals surface area contributed by atoms with Gasteiger partial charge in [0.05, 0.1) is 6.67 Å². The maximum Gasteiger partial charge on any atom is 0.343 e. The molecule has 5 nitrogen and oxygen atoms in total. The van der Waals surface area contributed by atoms with E-state index in [1.54, 1.807) is 0 Å². The van der Waals surface area contributed by atoms with E-state index in [-0.39, 0.29) is 6.03 Å². The van der Waals surface area contributed by atoms with Gasteiger partial charge in [-0.1, -0.05) is 0 Å². The number of hydrogen-bond acceptors (Lipinski definition) is 3. The van der Waals surface area contributed by atoms with Gasteiger partial charge in [0, 0.05) is 0 Å². The fourth-order valence-corrected chi connectivity index (χ4v) is 0.324. The number of amides is 2. The summed E-state index contributed by atoms with van der Waals surface area (Å²) in [5.74, 6) is 0. The quantitative estimate of drug-likeness (QED) is 0.294. The molecule has 7 heavy (non-hydrogen) atoms. The summed E-state index contributed by atoms with van der Waals surface area (Å²) < 4.78 is 0. The Morgan fingerprint density at radius 3 is 2.14 bits per heavy atom. The Morgan fingerprint density at radius 2 is 1.86 bits per heavy atom. The lowest BCUT2D eigenvalue weighted by molar-refractivity contribution is 0.220. The van der Waals surface area contributed by atoms with Crippen LogP contribution >= 0.6 is 0 Å². The minimum atomic E-state index is -0.258. The van der Waals surface area contributed by atoms with Gasteiger partial charge in [0.25, 0.3) is 0 Å². The Labute approximate surface area is 40.4 Å². The fourth-order valence-electron chi connectivity index (χ4n) is 0.324. The van der Waals surface area contributed by atoms with E-state index in [0.717, 1.165) is 0 Å². The van der Waals surface area contributed by atoms with Crippen molar-refractivity contribution in [3.8, 4) is 0 Å². The lowest BCUT2D eigenvalue weighted by Gasteiger charge is -2.14. The van der Waals surface area contributed by atoms with Gasteiger partial charge in [-0.2, -0.15) is 0 Å². The zero-order valence-corrected chi connectivity index (χ0v) is 3.62. The largest absolute Gasteiger partial charge is 0.343 e. The van der Waals surface area contributed by atoms with Crippen molar-refractivity contribution in [1.29, 1.82) is 0 Å². The van der Waals surface area contributed by atoms with E-state index in [1.807, 2.05) is 0 Å². The van der Waals surface area contributed by atoms with Crippen LogP contribution in [0.4, 0.5) is 4.79 Å². The van der Waals surface area contributed by atoms with Gasteiger partial charge in [0.2, 0.25) is 0 Å². The Balaban J connectivity index is 2.25. The molecule has 4 N–H and O–H groups in total. The molecule has 0 atom stereocenters. The summed E-state index contributed by atoms with van der Waals surface area (Å²) in [4.78, 5) is 10.1. The summed E-state index contributed by atoms with van der Waals surface area (Å²) in [5, 5.41) is 0. The molecular weight excluding hydrogens is 96.0 g/mol. The SMILES string of the molecule is O=C1NNCNN1. The van der Waals surface area contributed by atoms with Crippen LogP contribution in [0.2, 0.25) is 0 Å². The minimum Gasteiger partial charge on any atom is -0.271 e. The lowest BCUT2D eigenvalue weighted by atomic mass is 11.0. The molecule has 40 valence electrons. The van der Waals surface area contributed by atoms with Crippen LogP contribution in [0.3, 0.4) is 0 Å². The summed E-state index contributed by atoms with van der Waals surface area (Å²) in [5.41, 5.74) is 9.76. The standard InChI is InChI=1S/C2H6N4O/c7-2-5-3-1-4-6-2/h3-4H,1H2,(H2,5,6,7). The van der Waals surface area contributed by atoms with Crippen molar-refractivity contribution < 1.29 is 4.79 Å². The van der Waals surface area contributed by atoms with Crippen LogP contribution < -0.4 is 21.7 Å². The average Bonchev–Trinajstić information content (AvgIpc) is 1.69. The third-order valence-corrected chi connectivity index (χ3v) is 0.581. The van der Waals surface area contributed by atoms with Crippen LogP contribution in [0, 0.1) is 0 Å². The first-order valence-electron chi connectivity index (χ1n) is 1.91. The lowest BCUT2D eigenvalue weighted by Crippen LogP contribution is -2.59. The van der Waals surface area contributed by atoms with Gasteiger partial charge < -0.3 is 0 Å². The molecule has 0 unspecified atom stereocenters. The highest BCUT2D eigenvalue weighted by molar-refractivity contribution is 5.73. The van der Waals surface area contributed by atoms with Gasteiger partial charge in [0.15, 0.2) is 0 Å². The first-order valence-corrected chi connectivity index (χ1v) is 1.91. The predicted molar refractivity (Wildman–Crippen MR) is 22.8 cm³/mol. The molecule has 1 fully saturated rings. The molecule has 0 radical (unpaired) electrons. The Morgan fingerprint density at radius 1 is 1.29 bits per heavy atom. The zero-order chi connectivity index (χ0) is 5.11. The molecule has 1 aliphatic rings. The molecule has 0 aromatic carbocycles. The monoisotopic (exact) mass is 102 g/mol. The molecule has 0 aliphatic carbocycles. The molecular formula is C2H6N4O. The van der Waals surface area contributed by atoms with Crippen molar-refractivity contribution in [2.45, 2.75) is 0 Å². The van der Waals surface area contributed by atoms with E-state index in [0.29, 0.717) is 6.67 Å². The third-order valence-electron chi connectivity index (χ3n) is 0.581. The number of urea groups is 1. The third kappa shape index (κ3) is 1.02. The highest BCUT2D eigenvalue weighted by Gasteiger charge is 2.00. The number of nitrogens with one attached hydrogen (secondary N) is 4. The Hall–Kier alpha value is -0.810. The van der Waals surface area contributed by atoms with Crippen LogP contribution in [0.5, 0.6) is 0 Å². The van der Waals surface area contributed by atoms with Crippen LogP contribution in [-0.4, -0.2) is 12.7 Å². The van der Waals surface area contributed by atoms with E-state index in [2.05, 4.69) is 21.7 Å². The van der Waals surface area contributed by atoms with Gasteiger partial charge >= 0.3 is 6.03 Å². The van der Waals surface area contributed by atoms with Crippen molar-refractivity contribution in [3.05, 3.63) is 0 Å². The molecule has 1 rings (SSSR count). The van der Waals surface area contributed by atoms with Crippen molar-refractivity contribution in [2.24, 2.45) is 0 Å².